The Balaban J connectivity index is 1.94. The van der Waals surface area contributed by atoms with E-state index in [1.165, 1.54) is 12.8 Å². The zero-order valence-corrected chi connectivity index (χ0v) is 20.0. The molecule has 7 nitrogen and oxygen atoms in total. The highest BCUT2D eigenvalue weighted by Gasteiger charge is 2.27. The summed E-state index contributed by atoms with van der Waals surface area (Å²) < 4.78 is 12.4. The lowest BCUT2D eigenvalue weighted by Crippen LogP contribution is -2.37. The molecular weight excluding hydrogens is 418 g/mol. The van der Waals surface area contributed by atoms with Crippen LogP contribution in [0.4, 0.5) is 0 Å². The number of amides is 1. The molecule has 2 aromatic heterocycles. The fraction of sp³-hybridized carbons (Fsp3) is 0.500. The minimum Gasteiger partial charge on any atom is -0.467 e. The van der Waals surface area contributed by atoms with Crippen molar-refractivity contribution in [2.75, 3.05) is 13.7 Å². The highest BCUT2D eigenvalue weighted by molar-refractivity contribution is 5.78. The van der Waals surface area contributed by atoms with Crippen molar-refractivity contribution in [2.45, 2.75) is 71.5 Å². The van der Waals surface area contributed by atoms with Crippen LogP contribution in [-0.4, -0.2) is 34.1 Å². The second-order valence-corrected chi connectivity index (χ2v) is 8.38. The number of hydrogen-bond donors (Lipinski definition) is 0. The molecule has 178 valence electrons. The van der Waals surface area contributed by atoms with Gasteiger partial charge in [0.2, 0.25) is 5.91 Å². The molecule has 1 atom stereocenters. The summed E-state index contributed by atoms with van der Waals surface area (Å²) in [5.74, 6) is 1.30. The first-order valence-corrected chi connectivity index (χ1v) is 11.9. The summed E-state index contributed by atoms with van der Waals surface area (Å²) in [7, 11) is 1.61. The van der Waals surface area contributed by atoms with E-state index in [2.05, 4.69) is 6.92 Å². The molecule has 1 unspecified atom stereocenters. The molecule has 1 amide bonds. The fourth-order valence-corrected chi connectivity index (χ4v) is 4.08. The van der Waals surface area contributed by atoms with Gasteiger partial charge in [0, 0.05) is 13.5 Å². The zero-order chi connectivity index (χ0) is 23.6. The minimum atomic E-state index is -0.410. The molecule has 7 heteroatoms. The summed E-state index contributed by atoms with van der Waals surface area (Å²) in [5.41, 5.74) is 0.507. The van der Waals surface area contributed by atoms with Gasteiger partial charge < -0.3 is 14.1 Å². The van der Waals surface area contributed by atoms with Crippen molar-refractivity contribution < 1.29 is 13.9 Å². The lowest BCUT2D eigenvalue weighted by molar-refractivity contribution is -0.134. The average molecular weight is 454 g/mol. The summed E-state index contributed by atoms with van der Waals surface area (Å²) in [4.78, 5) is 33.2. The van der Waals surface area contributed by atoms with Crippen LogP contribution in [0.3, 0.4) is 0 Å². The number of methoxy groups -OCH3 is 1. The van der Waals surface area contributed by atoms with Crippen molar-refractivity contribution >= 4 is 16.8 Å². The van der Waals surface area contributed by atoms with Crippen LogP contribution in [0.15, 0.2) is 51.9 Å². The van der Waals surface area contributed by atoms with Crippen LogP contribution in [0.25, 0.3) is 10.9 Å². The molecule has 0 aliphatic heterocycles. The molecule has 33 heavy (non-hydrogen) atoms. The van der Waals surface area contributed by atoms with Gasteiger partial charge >= 0.3 is 0 Å². The molecule has 0 saturated heterocycles. The quantitative estimate of drug-likeness (QED) is 0.337. The number of carbonyl (C=O) groups is 1. The standard InChI is InChI=1S/C26H35N3O4/c1-4-5-6-7-8-15-24(30)29(19-21-12-11-17-33-21)20(2)25-27-23-14-10-9-13-22(23)26(31)28(25)16-18-32-3/h9-14,17,20H,4-8,15-16,18-19H2,1-3H3. The third-order valence-corrected chi connectivity index (χ3v) is 5.97. The molecule has 0 aliphatic carbocycles. The summed E-state index contributed by atoms with van der Waals surface area (Å²) in [6.07, 6.45) is 7.45. The van der Waals surface area contributed by atoms with Crippen LogP contribution in [0.1, 0.15) is 70.0 Å². The van der Waals surface area contributed by atoms with E-state index in [9.17, 15) is 9.59 Å². The normalized spacial score (nSPS) is 12.2. The van der Waals surface area contributed by atoms with Crippen LogP contribution >= 0.6 is 0 Å². The van der Waals surface area contributed by atoms with Gasteiger partial charge in [-0.2, -0.15) is 0 Å². The molecule has 3 aromatic rings. The van der Waals surface area contributed by atoms with Crippen LogP contribution in [0.5, 0.6) is 0 Å². The first kappa shape index (κ1) is 24.7. The summed E-state index contributed by atoms with van der Waals surface area (Å²) in [6.45, 7) is 5.18. The summed E-state index contributed by atoms with van der Waals surface area (Å²) in [6, 6.07) is 10.6. The van der Waals surface area contributed by atoms with Crippen molar-refractivity contribution in [1.82, 2.24) is 14.5 Å². The largest absolute Gasteiger partial charge is 0.467 e. The second kappa shape index (κ2) is 12.3. The molecule has 0 aliphatic rings. The number of carbonyl (C=O) groups excluding carboxylic acids is 1. The summed E-state index contributed by atoms with van der Waals surface area (Å²) >= 11 is 0. The predicted octanol–water partition coefficient (Wildman–Crippen LogP) is 5.09. The molecule has 2 heterocycles. The van der Waals surface area contributed by atoms with Crippen molar-refractivity contribution in [2.24, 2.45) is 0 Å². The predicted molar refractivity (Wildman–Crippen MR) is 129 cm³/mol. The lowest BCUT2D eigenvalue weighted by atomic mass is 10.1. The SMILES string of the molecule is CCCCCCCC(=O)N(Cc1ccco1)C(C)c1nc2ccccc2c(=O)n1CCOC. The fourth-order valence-electron chi connectivity index (χ4n) is 4.08. The highest BCUT2D eigenvalue weighted by atomic mass is 16.5. The molecule has 0 saturated carbocycles. The Bertz CT molecular complexity index is 1070. The van der Waals surface area contributed by atoms with E-state index in [0.29, 0.717) is 48.6 Å². The van der Waals surface area contributed by atoms with E-state index < -0.39 is 6.04 Å². The maximum absolute atomic E-state index is 13.3. The maximum Gasteiger partial charge on any atom is 0.261 e. The molecule has 0 radical (unpaired) electrons. The van der Waals surface area contributed by atoms with E-state index in [4.69, 9.17) is 14.1 Å². The Labute approximate surface area is 195 Å². The molecule has 0 fully saturated rings. The number of hydrogen-bond acceptors (Lipinski definition) is 5. The van der Waals surface area contributed by atoms with Crippen molar-refractivity contribution in [1.29, 1.82) is 0 Å². The van der Waals surface area contributed by atoms with Gasteiger partial charge in [-0.15, -0.1) is 0 Å². The second-order valence-electron chi connectivity index (χ2n) is 8.38. The van der Waals surface area contributed by atoms with Crippen molar-refractivity contribution in [3.8, 4) is 0 Å². The Kier molecular flexibility index (Phi) is 9.24. The monoisotopic (exact) mass is 453 g/mol. The Morgan fingerprint density at radius 3 is 2.67 bits per heavy atom. The van der Waals surface area contributed by atoms with Gasteiger partial charge in [0.1, 0.15) is 11.6 Å². The topological polar surface area (TPSA) is 77.6 Å². The average Bonchev–Trinajstić information content (AvgIpc) is 3.34. The Morgan fingerprint density at radius 1 is 1.15 bits per heavy atom. The van der Waals surface area contributed by atoms with E-state index in [0.717, 1.165) is 19.3 Å². The van der Waals surface area contributed by atoms with Crippen LogP contribution in [0.2, 0.25) is 0 Å². The van der Waals surface area contributed by atoms with Gasteiger partial charge in [-0.1, -0.05) is 44.7 Å². The van der Waals surface area contributed by atoms with Gasteiger partial charge in [-0.05, 0) is 37.6 Å². The Morgan fingerprint density at radius 2 is 1.94 bits per heavy atom. The number of ether oxygens (including phenoxy) is 1. The number of fused-ring (bicyclic) bond motifs is 1. The molecule has 0 bridgehead atoms. The van der Waals surface area contributed by atoms with E-state index in [-0.39, 0.29) is 11.5 Å². The zero-order valence-electron chi connectivity index (χ0n) is 20.0. The van der Waals surface area contributed by atoms with Crippen molar-refractivity contribution in [3.05, 3.63) is 64.6 Å². The number of benzene rings is 1. The number of rotatable bonds is 13. The van der Waals surface area contributed by atoms with Crippen molar-refractivity contribution in [3.63, 3.8) is 0 Å². The van der Waals surface area contributed by atoms with E-state index >= 15 is 0 Å². The third-order valence-electron chi connectivity index (χ3n) is 5.97. The molecule has 0 spiro atoms. The first-order valence-electron chi connectivity index (χ1n) is 11.9. The van der Waals surface area contributed by atoms with Crippen LogP contribution < -0.4 is 5.56 Å². The smallest absolute Gasteiger partial charge is 0.261 e. The lowest BCUT2D eigenvalue weighted by Gasteiger charge is -2.30. The number of furan rings is 1. The molecular formula is C26H35N3O4. The first-order chi connectivity index (χ1) is 16.1. The maximum atomic E-state index is 13.3. The number of para-hydroxylation sites is 1. The van der Waals surface area contributed by atoms with Gasteiger partial charge in [-0.3, -0.25) is 14.2 Å². The molecule has 1 aromatic carbocycles. The number of unbranched alkanes of at least 4 members (excludes halogenated alkanes) is 4. The summed E-state index contributed by atoms with van der Waals surface area (Å²) in [5, 5.41) is 0.560. The Hall–Kier alpha value is -2.93. The van der Waals surface area contributed by atoms with E-state index in [1.807, 2.05) is 37.3 Å². The minimum absolute atomic E-state index is 0.0381. The number of nitrogens with zero attached hydrogens (tertiary/aromatic N) is 3. The van der Waals surface area contributed by atoms with Gasteiger partial charge in [0.25, 0.3) is 5.56 Å². The van der Waals surface area contributed by atoms with Gasteiger partial charge in [0.05, 0.1) is 42.9 Å². The van der Waals surface area contributed by atoms with Crippen LogP contribution in [0, 0.1) is 0 Å². The molecule has 0 N–H and O–H groups in total. The van der Waals surface area contributed by atoms with Crippen LogP contribution in [-0.2, 0) is 22.6 Å². The number of aromatic nitrogens is 2. The van der Waals surface area contributed by atoms with E-state index in [1.54, 1.807) is 28.9 Å². The van der Waals surface area contributed by atoms with Gasteiger partial charge in [0.15, 0.2) is 0 Å². The van der Waals surface area contributed by atoms with Gasteiger partial charge in [-0.25, -0.2) is 4.98 Å². The molecule has 3 rings (SSSR count). The third kappa shape index (κ3) is 6.32. The highest BCUT2D eigenvalue weighted by Crippen LogP contribution is 2.24.